The Bertz CT molecular complexity index is 763. The molecule has 0 heterocycles. The van der Waals surface area contributed by atoms with Gasteiger partial charge in [0.25, 0.3) is 5.91 Å². The highest BCUT2D eigenvalue weighted by Crippen LogP contribution is 2.22. The number of hydrogen-bond donors (Lipinski definition) is 3. The number of halogens is 2. The number of anilines is 2. The van der Waals surface area contributed by atoms with Crippen molar-refractivity contribution in [3.05, 3.63) is 58.1 Å². The molecule has 0 aliphatic rings. The summed E-state index contributed by atoms with van der Waals surface area (Å²) in [4.78, 5) is 24.2. The smallest absolute Gasteiger partial charge is 0.279 e. The molecule has 0 bridgehead atoms. The van der Waals surface area contributed by atoms with Crippen molar-refractivity contribution < 1.29 is 14.5 Å². The van der Waals surface area contributed by atoms with Crippen molar-refractivity contribution in [1.82, 2.24) is 0 Å². The van der Waals surface area contributed by atoms with Crippen LogP contribution in [0.4, 0.5) is 11.4 Å². The molecule has 25 heavy (non-hydrogen) atoms. The predicted octanol–water partition coefficient (Wildman–Crippen LogP) is 2.61. The second-order valence-corrected chi connectivity index (χ2v) is 6.68. The maximum atomic E-state index is 12.1. The lowest BCUT2D eigenvalue weighted by atomic mass is 10.2. The number of likely N-dealkylation sites (N-methyl/N-ethyl adjacent to an activating group) is 1. The maximum Gasteiger partial charge on any atom is 0.279 e. The number of rotatable bonds is 6. The molecule has 132 valence electrons. The van der Waals surface area contributed by atoms with E-state index in [9.17, 15) is 9.59 Å². The lowest BCUT2D eigenvalue weighted by Crippen LogP contribution is -3.08. The first-order valence-corrected chi connectivity index (χ1v) is 8.52. The van der Waals surface area contributed by atoms with Gasteiger partial charge in [0.1, 0.15) is 6.54 Å². The molecule has 3 N–H and O–H groups in total. The molecule has 0 fully saturated rings. The molecular weight excluding hydrogens is 361 g/mol. The summed E-state index contributed by atoms with van der Waals surface area (Å²) in [6.07, 6.45) is 0. The zero-order chi connectivity index (χ0) is 18.4. The number of amides is 2. The van der Waals surface area contributed by atoms with Crippen molar-refractivity contribution in [3.8, 4) is 0 Å². The Labute approximate surface area is 156 Å². The molecule has 2 aromatic carbocycles. The molecule has 0 aromatic heterocycles. The van der Waals surface area contributed by atoms with E-state index in [4.69, 9.17) is 23.2 Å². The SMILES string of the molecule is CC(=O)Nc1ccc(NC(=O)C[NH+](C)Cc2ccc(Cl)c(Cl)c2)cc1. The number of nitrogens with one attached hydrogen (secondary N) is 3. The average Bonchev–Trinajstić information content (AvgIpc) is 2.52. The van der Waals surface area contributed by atoms with Crippen LogP contribution in [0.5, 0.6) is 0 Å². The Balaban J connectivity index is 1.86. The first kappa shape index (κ1) is 19.2. The van der Waals surface area contributed by atoms with Gasteiger partial charge in [-0.25, -0.2) is 0 Å². The third-order valence-corrected chi connectivity index (χ3v) is 4.18. The Morgan fingerprint density at radius 3 is 2.12 bits per heavy atom. The van der Waals surface area contributed by atoms with Crippen molar-refractivity contribution >= 4 is 46.4 Å². The predicted molar refractivity (Wildman–Crippen MR) is 101 cm³/mol. The molecule has 7 heteroatoms. The maximum absolute atomic E-state index is 12.1. The molecule has 0 spiro atoms. The van der Waals surface area contributed by atoms with Crippen LogP contribution in [0.1, 0.15) is 12.5 Å². The summed E-state index contributed by atoms with van der Waals surface area (Å²) < 4.78 is 0. The standard InChI is InChI=1S/C18H19Cl2N3O2/c1-12(24)21-14-4-6-15(7-5-14)22-18(25)11-23(2)10-13-3-8-16(19)17(20)9-13/h3-9H,10-11H2,1-2H3,(H,21,24)(H,22,25)/p+1. The molecule has 2 amide bonds. The molecule has 0 saturated heterocycles. The highest BCUT2D eigenvalue weighted by molar-refractivity contribution is 6.42. The molecule has 2 aromatic rings. The molecule has 0 saturated carbocycles. The largest absolute Gasteiger partial charge is 0.326 e. The number of carbonyl (C=O) groups is 2. The van der Waals surface area contributed by atoms with Crippen LogP contribution >= 0.6 is 23.2 Å². The van der Waals surface area contributed by atoms with Gasteiger partial charge in [-0.3, -0.25) is 9.59 Å². The summed E-state index contributed by atoms with van der Waals surface area (Å²) in [5.41, 5.74) is 2.38. The lowest BCUT2D eigenvalue weighted by Gasteiger charge is -2.14. The second-order valence-electron chi connectivity index (χ2n) is 5.87. The normalized spacial score (nSPS) is 11.7. The molecular formula is C18H20Cl2N3O2+. The summed E-state index contributed by atoms with van der Waals surface area (Å²) in [5, 5.41) is 6.54. The summed E-state index contributed by atoms with van der Waals surface area (Å²) in [6.45, 7) is 2.42. The van der Waals surface area contributed by atoms with Crippen LogP contribution in [0.2, 0.25) is 10.0 Å². The Hall–Kier alpha value is -2.08. The van der Waals surface area contributed by atoms with E-state index < -0.39 is 0 Å². The molecule has 0 radical (unpaired) electrons. The van der Waals surface area contributed by atoms with Crippen LogP contribution in [-0.4, -0.2) is 25.4 Å². The van der Waals surface area contributed by atoms with E-state index in [0.717, 1.165) is 10.5 Å². The monoisotopic (exact) mass is 380 g/mol. The second kappa shape index (κ2) is 8.85. The number of quaternary nitrogens is 1. The van der Waals surface area contributed by atoms with Gasteiger partial charge in [-0.2, -0.15) is 0 Å². The van der Waals surface area contributed by atoms with E-state index in [0.29, 0.717) is 34.5 Å². The average molecular weight is 381 g/mol. The van der Waals surface area contributed by atoms with Crippen LogP contribution in [0.15, 0.2) is 42.5 Å². The van der Waals surface area contributed by atoms with Crippen molar-refractivity contribution in [3.63, 3.8) is 0 Å². The zero-order valence-corrected chi connectivity index (χ0v) is 15.5. The number of benzene rings is 2. The number of carbonyl (C=O) groups excluding carboxylic acids is 2. The first-order valence-electron chi connectivity index (χ1n) is 7.76. The van der Waals surface area contributed by atoms with E-state index in [-0.39, 0.29) is 11.8 Å². The van der Waals surface area contributed by atoms with E-state index in [1.54, 1.807) is 30.3 Å². The van der Waals surface area contributed by atoms with Crippen LogP contribution in [-0.2, 0) is 16.1 Å². The minimum absolute atomic E-state index is 0.0927. The van der Waals surface area contributed by atoms with Gasteiger partial charge in [-0.05, 0) is 36.4 Å². The highest BCUT2D eigenvalue weighted by atomic mass is 35.5. The quantitative estimate of drug-likeness (QED) is 0.721. The van der Waals surface area contributed by atoms with Crippen molar-refractivity contribution in [2.75, 3.05) is 24.2 Å². The van der Waals surface area contributed by atoms with Gasteiger partial charge in [-0.1, -0.05) is 29.3 Å². The van der Waals surface area contributed by atoms with E-state index in [1.807, 2.05) is 19.2 Å². The fourth-order valence-electron chi connectivity index (χ4n) is 2.38. The fraction of sp³-hybridized carbons (Fsp3) is 0.222. The van der Waals surface area contributed by atoms with Crippen LogP contribution in [0, 0.1) is 0 Å². The fourth-order valence-corrected chi connectivity index (χ4v) is 2.70. The number of hydrogen-bond acceptors (Lipinski definition) is 2. The van der Waals surface area contributed by atoms with Gasteiger partial charge < -0.3 is 15.5 Å². The minimum atomic E-state index is -0.135. The van der Waals surface area contributed by atoms with Crippen LogP contribution in [0.25, 0.3) is 0 Å². The molecule has 5 nitrogen and oxygen atoms in total. The van der Waals surface area contributed by atoms with Gasteiger partial charge in [0.2, 0.25) is 5.91 Å². The van der Waals surface area contributed by atoms with Crippen molar-refractivity contribution in [1.29, 1.82) is 0 Å². The summed E-state index contributed by atoms with van der Waals surface area (Å²) in [5.74, 6) is -0.228. The Morgan fingerprint density at radius 2 is 1.56 bits per heavy atom. The third-order valence-electron chi connectivity index (χ3n) is 3.44. The Morgan fingerprint density at radius 1 is 0.960 bits per heavy atom. The zero-order valence-electron chi connectivity index (χ0n) is 14.0. The van der Waals surface area contributed by atoms with Crippen LogP contribution in [0.3, 0.4) is 0 Å². The summed E-state index contributed by atoms with van der Waals surface area (Å²) in [6, 6.07) is 12.4. The Kier molecular flexibility index (Phi) is 6.82. The van der Waals surface area contributed by atoms with Crippen molar-refractivity contribution in [2.45, 2.75) is 13.5 Å². The summed E-state index contributed by atoms with van der Waals surface area (Å²) >= 11 is 11.9. The van der Waals surface area contributed by atoms with E-state index in [1.165, 1.54) is 6.92 Å². The van der Waals surface area contributed by atoms with Gasteiger partial charge >= 0.3 is 0 Å². The molecule has 0 aliphatic heterocycles. The molecule has 1 unspecified atom stereocenters. The van der Waals surface area contributed by atoms with Gasteiger partial charge in [-0.15, -0.1) is 0 Å². The molecule has 1 atom stereocenters. The first-order chi connectivity index (χ1) is 11.8. The minimum Gasteiger partial charge on any atom is -0.326 e. The molecule has 2 rings (SSSR count). The summed E-state index contributed by atoms with van der Waals surface area (Å²) in [7, 11) is 1.93. The van der Waals surface area contributed by atoms with Gasteiger partial charge in [0, 0.05) is 23.9 Å². The topological polar surface area (TPSA) is 62.6 Å². The van der Waals surface area contributed by atoms with Crippen molar-refractivity contribution in [2.24, 2.45) is 0 Å². The third kappa shape index (κ3) is 6.38. The molecule has 0 aliphatic carbocycles. The van der Waals surface area contributed by atoms with E-state index >= 15 is 0 Å². The van der Waals surface area contributed by atoms with Gasteiger partial charge in [0.15, 0.2) is 6.54 Å². The van der Waals surface area contributed by atoms with E-state index in [2.05, 4.69) is 10.6 Å². The highest BCUT2D eigenvalue weighted by Gasteiger charge is 2.12. The van der Waals surface area contributed by atoms with Crippen LogP contribution < -0.4 is 15.5 Å². The lowest BCUT2D eigenvalue weighted by molar-refractivity contribution is -0.885. The van der Waals surface area contributed by atoms with Gasteiger partial charge in [0.05, 0.1) is 17.1 Å².